The number of aliphatic carboxylic acids is 1. The number of nitrogens with one attached hydrogen (secondary N) is 1. The normalized spacial score (nSPS) is 13.5. The summed E-state index contributed by atoms with van der Waals surface area (Å²) in [7, 11) is 0. The molecule has 2 N–H and O–H groups in total. The van der Waals surface area contributed by atoms with E-state index in [4.69, 9.17) is 16.7 Å². The molecule has 0 aliphatic rings. The van der Waals surface area contributed by atoms with E-state index >= 15 is 0 Å². The largest absolute Gasteiger partial charge is 0.481 e. The average molecular weight is 352 g/mol. The molecular weight excluding hydrogens is 335 g/mol. The van der Waals surface area contributed by atoms with Crippen LogP contribution in [0.4, 0.5) is 13.2 Å². The van der Waals surface area contributed by atoms with Gasteiger partial charge >= 0.3 is 12.1 Å². The molecule has 0 spiro atoms. The Hall–Kier alpha value is -1.76. The minimum absolute atomic E-state index is 0.423. The van der Waals surface area contributed by atoms with E-state index in [0.29, 0.717) is 10.6 Å². The second kappa shape index (κ2) is 7.21. The summed E-state index contributed by atoms with van der Waals surface area (Å²) in [5, 5.41) is 11.7. The number of carboxylic acid groups (broad SMARTS) is 1. The van der Waals surface area contributed by atoms with E-state index in [0.717, 1.165) is 13.8 Å². The van der Waals surface area contributed by atoms with Crippen molar-refractivity contribution in [3.8, 4) is 0 Å². The maximum Gasteiger partial charge on any atom is 0.394 e. The van der Waals surface area contributed by atoms with Gasteiger partial charge in [0.15, 0.2) is 0 Å². The molecule has 0 saturated heterocycles. The first kappa shape index (κ1) is 19.3. The van der Waals surface area contributed by atoms with Crippen LogP contribution in [0.5, 0.6) is 0 Å². The van der Waals surface area contributed by atoms with Gasteiger partial charge in [-0.05, 0) is 17.7 Å². The predicted octanol–water partition coefficient (Wildman–Crippen LogP) is 3.95. The molecule has 0 bridgehead atoms. The third-order valence-corrected chi connectivity index (χ3v) is 3.61. The molecule has 23 heavy (non-hydrogen) atoms. The molecule has 1 rings (SSSR count). The first-order valence-corrected chi connectivity index (χ1v) is 7.13. The molecule has 0 aromatic heterocycles. The van der Waals surface area contributed by atoms with Crippen molar-refractivity contribution < 1.29 is 27.9 Å². The summed E-state index contributed by atoms with van der Waals surface area (Å²) in [6.07, 6.45) is -5.77. The zero-order chi connectivity index (χ0) is 17.8. The Kier molecular flexibility index (Phi) is 6.04. The van der Waals surface area contributed by atoms with Gasteiger partial charge in [-0.2, -0.15) is 13.2 Å². The van der Waals surface area contributed by atoms with Gasteiger partial charge in [-0.3, -0.25) is 9.59 Å². The molecule has 1 aromatic carbocycles. The molecule has 1 aromatic rings. The smallest absolute Gasteiger partial charge is 0.394 e. The maximum atomic E-state index is 12.8. The summed E-state index contributed by atoms with van der Waals surface area (Å²) in [6.45, 7) is 1.84. The Balaban J connectivity index is 2.87. The lowest BCUT2D eigenvalue weighted by atomic mass is 9.88. The topological polar surface area (TPSA) is 66.4 Å². The summed E-state index contributed by atoms with van der Waals surface area (Å²) in [4.78, 5) is 22.8. The van der Waals surface area contributed by atoms with Crippen LogP contribution in [0, 0.1) is 5.41 Å². The van der Waals surface area contributed by atoms with Gasteiger partial charge < -0.3 is 10.4 Å². The maximum absolute atomic E-state index is 12.8. The van der Waals surface area contributed by atoms with E-state index in [1.807, 2.05) is 0 Å². The molecule has 0 heterocycles. The number of amides is 1. The molecule has 0 unspecified atom stereocenters. The fourth-order valence-corrected chi connectivity index (χ4v) is 1.99. The van der Waals surface area contributed by atoms with Crippen LogP contribution < -0.4 is 5.32 Å². The summed E-state index contributed by atoms with van der Waals surface area (Å²) in [5.74, 6) is -2.05. The van der Waals surface area contributed by atoms with Crippen LogP contribution in [0.25, 0.3) is 0 Å². The van der Waals surface area contributed by atoms with Crippen LogP contribution in [0.2, 0.25) is 5.02 Å². The Bertz CT molecular complexity index is 570. The summed E-state index contributed by atoms with van der Waals surface area (Å²) in [6, 6.07) is 5.13. The number of benzene rings is 1. The number of carboxylic acids is 1. The Morgan fingerprint density at radius 2 is 1.74 bits per heavy atom. The van der Waals surface area contributed by atoms with Crippen molar-refractivity contribution >= 4 is 23.5 Å². The fourth-order valence-electron chi connectivity index (χ4n) is 1.87. The van der Waals surface area contributed by atoms with Gasteiger partial charge in [-0.25, -0.2) is 0 Å². The van der Waals surface area contributed by atoms with Crippen LogP contribution in [0.1, 0.15) is 38.3 Å². The highest BCUT2D eigenvalue weighted by molar-refractivity contribution is 6.30. The Labute approximate surface area is 136 Å². The van der Waals surface area contributed by atoms with Gasteiger partial charge in [-0.1, -0.05) is 37.6 Å². The van der Waals surface area contributed by atoms with Crippen LogP contribution in [0.3, 0.4) is 0 Å². The van der Waals surface area contributed by atoms with Crippen LogP contribution in [-0.2, 0) is 9.59 Å². The molecule has 128 valence electrons. The molecule has 0 aliphatic carbocycles. The van der Waals surface area contributed by atoms with E-state index in [1.54, 1.807) is 0 Å². The van der Waals surface area contributed by atoms with Gasteiger partial charge in [0.05, 0.1) is 17.9 Å². The van der Waals surface area contributed by atoms with Gasteiger partial charge in [0, 0.05) is 11.4 Å². The van der Waals surface area contributed by atoms with Crippen molar-refractivity contribution in [2.45, 2.75) is 38.9 Å². The summed E-state index contributed by atoms with van der Waals surface area (Å²) >= 11 is 5.74. The molecule has 0 radical (unpaired) electrons. The van der Waals surface area contributed by atoms with E-state index in [2.05, 4.69) is 5.32 Å². The second-order valence-electron chi connectivity index (χ2n) is 5.83. The van der Waals surface area contributed by atoms with Crippen molar-refractivity contribution in [1.82, 2.24) is 5.32 Å². The van der Waals surface area contributed by atoms with Crippen molar-refractivity contribution in [3.63, 3.8) is 0 Å². The minimum Gasteiger partial charge on any atom is -0.481 e. The molecule has 0 fully saturated rings. The van der Waals surface area contributed by atoms with Crippen molar-refractivity contribution in [3.05, 3.63) is 34.9 Å². The van der Waals surface area contributed by atoms with Crippen LogP contribution in [-0.4, -0.2) is 23.2 Å². The monoisotopic (exact) mass is 351 g/mol. The summed E-state index contributed by atoms with van der Waals surface area (Å²) in [5.41, 5.74) is -1.75. The molecular formula is C15H17ClF3NO3. The van der Waals surface area contributed by atoms with Crippen LogP contribution in [0.15, 0.2) is 24.3 Å². The number of hydrogen-bond acceptors (Lipinski definition) is 2. The van der Waals surface area contributed by atoms with E-state index < -0.39 is 42.4 Å². The fraction of sp³-hybridized carbons (Fsp3) is 0.467. The number of carbonyl (C=O) groups excluding carboxylic acids is 1. The number of halogens is 4. The van der Waals surface area contributed by atoms with Gasteiger partial charge in [0.2, 0.25) is 5.91 Å². The average Bonchev–Trinajstić information content (AvgIpc) is 2.36. The SMILES string of the molecule is CC(C)(CC(=O)N[C@@H](CC(=O)O)c1ccc(Cl)cc1)C(F)(F)F. The lowest BCUT2D eigenvalue weighted by Crippen LogP contribution is -2.39. The van der Waals surface area contributed by atoms with Crippen molar-refractivity contribution in [2.24, 2.45) is 5.41 Å². The first-order valence-electron chi connectivity index (χ1n) is 6.76. The minimum atomic E-state index is -4.53. The number of alkyl halides is 3. The van der Waals surface area contributed by atoms with Crippen molar-refractivity contribution in [2.75, 3.05) is 0 Å². The third kappa shape index (κ3) is 5.74. The van der Waals surface area contributed by atoms with Gasteiger partial charge in [-0.15, -0.1) is 0 Å². The Morgan fingerprint density at radius 1 is 1.22 bits per heavy atom. The molecule has 0 saturated carbocycles. The highest BCUT2D eigenvalue weighted by Gasteiger charge is 2.48. The standard InChI is InChI=1S/C15H17ClF3NO3/c1-14(2,15(17,18)19)8-12(21)20-11(7-13(22)23)9-3-5-10(16)6-4-9/h3-6,11H,7-8H2,1-2H3,(H,20,21)(H,22,23)/t11-/m0/s1. The highest BCUT2D eigenvalue weighted by Crippen LogP contribution is 2.40. The molecule has 0 aliphatic heterocycles. The Morgan fingerprint density at radius 3 is 2.17 bits per heavy atom. The predicted molar refractivity (Wildman–Crippen MR) is 79.0 cm³/mol. The number of rotatable bonds is 6. The van der Waals surface area contributed by atoms with Crippen molar-refractivity contribution in [1.29, 1.82) is 0 Å². The lowest BCUT2D eigenvalue weighted by molar-refractivity contribution is -0.213. The third-order valence-electron chi connectivity index (χ3n) is 3.36. The lowest BCUT2D eigenvalue weighted by Gasteiger charge is -2.28. The second-order valence-corrected chi connectivity index (χ2v) is 6.26. The summed E-state index contributed by atoms with van der Waals surface area (Å²) < 4.78 is 38.5. The van der Waals surface area contributed by atoms with Gasteiger partial charge in [0.25, 0.3) is 0 Å². The highest BCUT2D eigenvalue weighted by atomic mass is 35.5. The van der Waals surface area contributed by atoms with E-state index in [9.17, 15) is 22.8 Å². The number of carbonyl (C=O) groups is 2. The van der Waals surface area contributed by atoms with E-state index in [1.165, 1.54) is 24.3 Å². The number of hydrogen-bond donors (Lipinski definition) is 2. The van der Waals surface area contributed by atoms with Crippen LogP contribution >= 0.6 is 11.6 Å². The zero-order valence-electron chi connectivity index (χ0n) is 12.6. The quantitative estimate of drug-likeness (QED) is 0.815. The van der Waals surface area contributed by atoms with Gasteiger partial charge in [0.1, 0.15) is 0 Å². The molecule has 1 amide bonds. The molecule has 4 nitrogen and oxygen atoms in total. The van der Waals surface area contributed by atoms with E-state index in [-0.39, 0.29) is 0 Å². The molecule has 8 heteroatoms. The first-order chi connectivity index (χ1) is 10.4. The molecule has 1 atom stereocenters. The zero-order valence-corrected chi connectivity index (χ0v) is 13.3.